The van der Waals surface area contributed by atoms with Gasteiger partial charge in [0.05, 0.1) is 32.8 Å². The molecule has 1 saturated carbocycles. The summed E-state index contributed by atoms with van der Waals surface area (Å²) in [5, 5.41) is 11.1. The van der Waals surface area contributed by atoms with Gasteiger partial charge in [0.1, 0.15) is 0 Å². The summed E-state index contributed by atoms with van der Waals surface area (Å²) in [4.78, 5) is 14.3. The summed E-state index contributed by atoms with van der Waals surface area (Å²) in [7, 11) is 5.39. The molecule has 1 aliphatic heterocycles. The number of esters is 1. The molecule has 1 aromatic rings. The number of carbonyl (C=O) groups is 1. The third-order valence-electron chi connectivity index (χ3n) is 6.43. The van der Waals surface area contributed by atoms with Crippen LogP contribution in [0.25, 0.3) is 0 Å². The highest BCUT2D eigenvalue weighted by Gasteiger charge is 2.54. The highest BCUT2D eigenvalue weighted by atomic mass is 16.5. The molecule has 0 spiro atoms. The predicted molar refractivity (Wildman–Crippen MR) is 102 cm³/mol. The van der Waals surface area contributed by atoms with E-state index >= 15 is 0 Å². The minimum atomic E-state index is -1.00. The average molecular weight is 377 g/mol. The number of hydrogen-bond acceptors (Lipinski definition) is 6. The minimum absolute atomic E-state index is 0.0464. The molecule has 27 heavy (non-hydrogen) atoms. The van der Waals surface area contributed by atoms with Crippen molar-refractivity contribution in [1.82, 2.24) is 4.90 Å². The Balaban J connectivity index is 1.89. The van der Waals surface area contributed by atoms with Gasteiger partial charge in [-0.3, -0.25) is 4.79 Å². The molecule has 1 N–H and O–H groups in total. The monoisotopic (exact) mass is 377 g/mol. The first-order valence-corrected chi connectivity index (χ1v) is 9.68. The van der Waals surface area contributed by atoms with E-state index in [1.807, 2.05) is 6.07 Å². The zero-order valence-electron chi connectivity index (χ0n) is 16.8. The van der Waals surface area contributed by atoms with Crippen LogP contribution in [0, 0.1) is 0 Å². The first kappa shape index (κ1) is 20.0. The van der Waals surface area contributed by atoms with Gasteiger partial charge in [-0.05, 0) is 63.9 Å². The van der Waals surface area contributed by atoms with Crippen LogP contribution in [0.5, 0.6) is 11.5 Å². The topological polar surface area (TPSA) is 68.2 Å². The molecule has 1 aromatic carbocycles. The molecule has 2 aliphatic rings. The SMILES string of the molecule is CCOC(=O)CC1(O)CC[C@@]2(c3ccc(OC)c(OC)c3)CCN(C)[C@H]2C1. The Bertz CT molecular complexity index is 693. The van der Waals surface area contributed by atoms with Gasteiger partial charge in [0.25, 0.3) is 0 Å². The van der Waals surface area contributed by atoms with E-state index in [1.54, 1.807) is 21.1 Å². The Hall–Kier alpha value is -1.79. The van der Waals surface area contributed by atoms with Gasteiger partial charge in [0.15, 0.2) is 11.5 Å². The number of carbonyl (C=O) groups excluding carboxylic acids is 1. The number of fused-ring (bicyclic) bond motifs is 1. The molecule has 6 heteroatoms. The van der Waals surface area contributed by atoms with Crippen LogP contribution >= 0.6 is 0 Å². The van der Waals surface area contributed by atoms with Gasteiger partial charge in [0.2, 0.25) is 0 Å². The fraction of sp³-hybridized carbons (Fsp3) is 0.667. The molecule has 0 aromatic heterocycles. The number of nitrogens with zero attached hydrogens (tertiary/aromatic N) is 1. The fourth-order valence-corrected chi connectivity index (χ4v) is 4.95. The van der Waals surface area contributed by atoms with Gasteiger partial charge in [-0.25, -0.2) is 0 Å². The molecule has 3 rings (SSSR count). The largest absolute Gasteiger partial charge is 0.493 e. The van der Waals surface area contributed by atoms with Crippen LogP contribution in [0.3, 0.4) is 0 Å². The fourth-order valence-electron chi connectivity index (χ4n) is 4.95. The summed E-state index contributed by atoms with van der Waals surface area (Å²) < 4.78 is 16.0. The number of likely N-dealkylation sites (tertiary alicyclic amines) is 1. The van der Waals surface area contributed by atoms with E-state index in [0.29, 0.717) is 19.4 Å². The molecule has 1 saturated heterocycles. The first-order valence-electron chi connectivity index (χ1n) is 9.68. The Labute approximate surface area is 161 Å². The second kappa shape index (κ2) is 7.68. The van der Waals surface area contributed by atoms with E-state index in [1.165, 1.54) is 5.56 Å². The maximum absolute atomic E-state index is 12.0. The van der Waals surface area contributed by atoms with Crippen molar-refractivity contribution in [3.8, 4) is 11.5 Å². The molecular formula is C21H31NO5. The van der Waals surface area contributed by atoms with Crippen LogP contribution in [0.15, 0.2) is 18.2 Å². The number of benzene rings is 1. The van der Waals surface area contributed by atoms with E-state index in [-0.39, 0.29) is 23.8 Å². The number of ether oxygens (including phenoxy) is 3. The quantitative estimate of drug-likeness (QED) is 0.769. The molecule has 1 unspecified atom stereocenters. The zero-order valence-corrected chi connectivity index (χ0v) is 16.8. The average Bonchev–Trinajstić information content (AvgIpc) is 2.98. The molecule has 3 atom stereocenters. The van der Waals surface area contributed by atoms with Crippen molar-refractivity contribution in [2.75, 3.05) is 34.4 Å². The van der Waals surface area contributed by atoms with Gasteiger partial charge in [-0.2, -0.15) is 0 Å². The number of hydrogen-bond donors (Lipinski definition) is 1. The third kappa shape index (κ3) is 3.65. The van der Waals surface area contributed by atoms with Crippen molar-refractivity contribution in [3.63, 3.8) is 0 Å². The molecule has 0 amide bonds. The maximum Gasteiger partial charge on any atom is 0.308 e. The van der Waals surface area contributed by atoms with Crippen LogP contribution in [0.4, 0.5) is 0 Å². The number of methoxy groups -OCH3 is 2. The summed E-state index contributed by atoms with van der Waals surface area (Å²) in [6.45, 7) is 3.10. The lowest BCUT2D eigenvalue weighted by atomic mass is 9.61. The minimum Gasteiger partial charge on any atom is -0.493 e. The Kier molecular flexibility index (Phi) is 5.68. The molecule has 1 aliphatic carbocycles. The van der Waals surface area contributed by atoms with Crippen LogP contribution in [-0.2, 0) is 14.9 Å². The van der Waals surface area contributed by atoms with E-state index < -0.39 is 5.60 Å². The van der Waals surface area contributed by atoms with Crippen LogP contribution in [-0.4, -0.2) is 62.0 Å². The summed E-state index contributed by atoms with van der Waals surface area (Å²) in [5.74, 6) is 1.12. The van der Waals surface area contributed by atoms with Crippen molar-refractivity contribution < 1.29 is 24.1 Å². The van der Waals surface area contributed by atoms with Crippen molar-refractivity contribution in [3.05, 3.63) is 23.8 Å². The van der Waals surface area contributed by atoms with Crippen LogP contribution in [0.2, 0.25) is 0 Å². The predicted octanol–water partition coefficient (Wildman–Crippen LogP) is 2.51. The number of rotatable bonds is 6. The highest BCUT2D eigenvalue weighted by molar-refractivity contribution is 5.70. The van der Waals surface area contributed by atoms with Gasteiger partial charge in [-0.1, -0.05) is 6.07 Å². The normalized spacial score (nSPS) is 30.6. The molecule has 6 nitrogen and oxygen atoms in total. The van der Waals surface area contributed by atoms with E-state index in [0.717, 1.165) is 30.9 Å². The second-order valence-corrected chi connectivity index (χ2v) is 7.88. The third-order valence-corrected chi connectivity index (χ3v) is 6.43. The van der Waals surface area contributed by atoms with E-state index in [4.69, 9.17) is 14.2 Å². The van der Waals surface area contributed by atoms with Gasteiger partial charge >= 0.3 is 5.97 Å². The molecule has 0 radical (unpaired) electrons. The Morgan fingerprint density at radius 1 is 1.22 bits per heavy atom. The van der Waals surface area contributed by atoms with Crippen molar-refractivity contribution in [2.45, 2.75) is 56.1 Å². The van der Waals surface area contributed by atoms with E-state index in [2.05, 4.69) is 24.1 Å². The Morgan fingerprint density at radius 2 is 1.96 bits per heavy atom. The van der Waals surface area contributed by atoms with E-state index in [9.17, 15) is 9.90 Å². The lowest BCUT2D eigenvalue weighted by Gasteiger charge is -2.48. The molecule has 1 heterocycles. The molecule has 0 bridgehead atoms. The standard InChI is InChI=1S/C21H31NO5/c1-5-27-19(23)14-20(24)8-9-21(10-11-22(2)18(21)13-20)15-6-7-16(25-3)17(12-15)26-4/h6-7,12,18,24H,5,8-11,13-14H2,1-4H3/t18-,20?,21-/m0/s1. The molecular weight excluding hydrogens is 346 g/mol. The van der Waals surface area contributed by atoms with Crippen molar-refractivity contribution in [1.29, 1.82) is 0 Å². The van der Waals surface area contributed by atoms with Crippen molar-refractivity contribution >= 4 is 5.97 Å². The van der Waals surface area contributed by atoms with Gasteiger partial charge < -0.3 is 24.2 Å². The summed E-state index contributed by atoms with van der Waals surface area (Å²) >= 11 is 0. The molecule has 150 valence electrons. The highest BCUT2D eigenvalue weighted by Crippen LogP contribution is 2.52. The van der Waals surface area contributed by atoms with Gasteiger partial charge in [0, 0.05) is 11.5 Å². The van der Waals surface area contributed by atoms with Gasteiger partial charge in [-0.15, -0.1) is 0 Å². The summed E-state index contributed by atoms with van der Waals surface area (Å²) in [5.41, 5.74) is 0.165. The molecule has 2 fully saturated rings. The number of likely N-dealkylation sites (N-methyl/N-ethyl adjacent to an activating group) is 1. The smallest absolute Gasteiger partial charge is 0.308 e. The number of aliphatic hydroxyl groups is 1. The summed E-state index contributed by atoms with van der Waals surface area (Å²) in [6.07, 6.45) is 3.07. The lowest BCUT2D eigenvalue weighted by Crippen LogP contribution is -2.53. The van der Waals surface area contributed by atoms with Crippen molar-refractivity contribution in [2.24, 2.45) is 0 Å². The van der Waals surface area contributed by atoms with Crippen LogP contribution < -0.4 is 9.47 Å². The first-order chi connectivity index (χ1) is 12.9. The zero-order chi connectivity index (χ0) is 19.7. The van der Waals surface area contributed by atoms with Crippen LogP contribution in [0.1, 0.15) is 44.6 Å². The lowest BCUT2D eigenvalue weighted by molar-refractivity contribution is -0.151. The second-order valence-electron chi connectivity index (χ2n) is 7.88. The Morgan fingerprint density at radius 3 is 2.63 bits per heavy atom. The summed E-state index contributed by atoms with van der Waals surface area (Å²) in [6, 6.07) is 6.31. The maximum atomic E-state index is 12.0.